The second-order valence-electron chi connectivity index (χ2n) is 4.51. The van der Waals surface area contributed by atoms with Crippen molar-refractivity contribution < 1.29 is 24.2 Å². The Morgan fingerprint density at radius 1 is 1.33 bits per heavy atom. The third-order valence-corrected chi connectivity index (χ3v) is 3.25. The predicted octanol–water partition coefficient (Wildman–Crippen LogP) is -0.528. The van der Waals surface area contributed by atoms with Crippen LogP contribution in [0.2, 0.25) is 0 Å². The van der Waals surface area contributed by atoms with Gasteiger partial charge in [0.2, 0.25) is 0 Å². The molecular weight excluding hydrogens is 240 g/mol. The summed E-state index contributed by atoms with van der Waals surface area (Å²) < 4.78 is 10.1. The fraction of sp³-hybridized carbons (Fsp3) is 0.818. The first-order valence-corrected chi connectivity index (χ1v) is 6.11. The lowest BCUT2D eigenvalue weighted by molar-refractivity contribution is -0.145. The topological polar surface area (TPSA) is 79.3 Å². The van der Waals surface area contributed by atoms with Crippen LogP contribution in [0.15, 0.2) is 0 Å². The SMILES string of the molecule is O=C(O)C1COC(=O)N(CCN2CCOCC2)C1. The summed E-state index contributed by atoms with van der Waals surface area (Å²) in [6.07, 6.45) is -0.416. The maximum atomic E-state index is 11.5. The average molecular weight is 258 g/mol. The Morgan fingerprint density at radius 2 is 2.06 bits per heavy atom. The highest BCUT2D eigenvalue weighted by atomic mass is 16.6. The van der Waals surface area contributed by atoms with Crippen molar-refractivity contribution >= 4 is 12.1 Å². The lowest BCUT2D eigenvalue weighted by atomic mass is 10.1. The van der Waals surface area contributed by atoms with E-state index in [1.165, 1.54) is 4.90 Å². The first-order chi connectivity index (χ1) is 8.66. The predicted molar refractivity (Wildman–Crippen MR) is 61.3 cm³/mol. The highest BCUT2D eigenvalue weighted by molar-refractivity contribution is 5.75. The molecule has 2 rings (SSSR count). The maximum Gasteiger partial charge on any atom is 0.409 e. The largest absolute Gasteiger partial charge is 0.481 e. The van der Waals surface area contributed by atoms with Gasteiger partial charge in [-0.15, -0.1) is 0 Å². The van der Waals surface area contributed by atoms with Gasteiger partial charge in [-0.3, -0.25) is 9.69 Å². The molecule has 1 N–H and O–H groups in total. The van der Waals surface area contributed by atoms with Gasteiger partial charge in [0.25, 0.3) is 0 Å². The van der Waals surface area contributed by atoms with Crippen molar-refractivity contribution in [3.05, 3.63) is 0 Å². The van der Waals surface area contributed by atoms with Gasteiger partial charge in [0.05, 0.1) is 13.2 Å². The average Bonchev–Trinajstić information content (AvgIpc) is 2.38. The van der Waals surface area contributed by atoms with Crippen LogP contribution in [0.25, 0.3) is 0 Å². The van der Waals surface area contributed by atoms with E-state index in [1.54, 1.807) is 0 Å². The number of carbonyl (C=O) groups excluding carboxylic acids is 1. The molecule has 2 heterocycles. The van der Waals surface area contributed by atoms with E-state index in [4.69, 9.17) is 14.6 Å². The minimum absolute atomic E-state index is 0.0256. The number of amides is 1. The zero-order valence-corrected chi connectivity index (χ0v) is 10.2. The molecule has 0 radical (unpaired) electrons. The van der Waals surface area contributed by atoms with Gasteiger partial charge in [-0.1, -0.05) is 0 Å². The number of hydrogen-bond donors (Lipinski definition) is 1. The van der Waals surface area contributed by atoms with Gasteiger partial charge in [-0.05, 0) is 0 Å². The van der Waals surface area contributed by atoms with Crippen molar-refractivity contribution in [3.63, 3.8) is 0 Å². The molecule has 18 heavy (non-hydrogen) atoms. The summed E-state index contributed by atoms with van der Waals surface area (Å²) in [6, 6.07) is 0. The fourth-order valence-corrected chi connectivity index (χ4v) is 2.08. The quantitative estimate of drug-likeness (QED) is 0.730. The smallest absolute Gasteiger partial charge is 0.409 e. The molecule has 0 aromatic heterocycles. The highest BCUT2D eigenvalue weighted by Gasteiger charge is 2.31. The Balaban J connectivity index is 1.79. The third kappa shape index (κ3) is 3.33. The molecule has 0 aliphatic carbocycles. The standard InChI is InChI=1S/C11H18N2O5/c14-10(15)9-7-13(11(16)18-8-9)2-1-12-3-5-17-6-4-12/h9H,1-8H2,(H,14,15). The Morgan fingerprint density at radius 3 is 2.72 bits per heavy atom. The van der Waals surface area contributed by atoms with E-state index >= 15 is 0 Å². The van der Waals surface area contributed by atoms with Crippen LogP contribution < -0.4 is 0 Å². The molecular formula is C11H18N2O5. The van der Waals surface area contributed by atoms with Gasteiger partial charge < -0.3 is 19.5 Å². The summed E-state index contributed by atoms with van der Waals surface area (Å²) in [7, 11) is 0. The number of aliphatic carboxylic acids is 1. The fourth-order valence-electron chi connectivity index (χ4n) is 2.08. The highest BCUT2D eigenvalue weighted by Crippen LogP contribution is 2.11. The number of morpholine rings is 1. The lowest BCUT2D eigenvalue weighted by Gasteiger charge is -2.33. The molecule has 0 aromatic carbocycles. The summed E-state index contributed by atoms with van der Waals surface area (Å²) in [5.41, 5.74) is 0. The van der Waals surface area contributed by atoms with Gasteiger partial charge >= 0.3 is 12.1 Å². The number of carboxylic acid groups (broad SMARTS) is 1. The van der Waals surface area contributed by atoms with Crippen molar-refractivity contribution in [1.82, 2.24) is 9.80 Å². The molecule has 2 aliphatic heterocycles. The van der Waals surface area contributed by atoms with Crippen molar-refractivity contribution in [1.29, 1.82) is 0 Å². The van der Waals surface area contributed by atoms with Crippen LogP contribution in [0.1, 0.15) is 0 Å². The molecule has 0 aromatic rings. The van der Waals surface area contributed by atoms with E-state index in [-0.39, 0.29) is 13.2 Å². The second-order valence-corrected chi connectivity index (χ2v) is 4.51. The van der Waals surface area contributed by atoms with E-state index in [0.717, 1.165) is 19.6 Å². The van der Waals surface area contributed by atoms with Crippen LogP contribution in [0.4, 0.5) is 4.79 Å². The van der Waals surface area contributed by atoms with Crippen LogP contribution in [-0.4, -0.2) is 79.5 Å². The van der Waals surface area contributed by atoms with Crippen LogP contribution >= 0.6 is 0 Å². The molecule has 7 nitrogen and oxygen atoms in total. The number of ether oxygens (including phenoxy) is 2. The van der Waals surface area contributed by atoms with Crippen LogP contribution in [0.5, 0.6) is 0 Å². The molecule has 0 spiro atoms. The third-order valence-electron chi connectivity index (χ3n) is 3.25. The first kappa shape index (κ1) is 13.1. The molecule has 102 valence electrons. The summed E-state index contributed by atoms with van der Waals surface area (Å²) in [6.45, 7) is 4.56. The van der Waals surface area contributed by atoms with E-state index < -0.39 is 18.0 Å². The molecule has 0 saturated carbocycles. The summed E-state index contributed by atoms with van der Waals surface area (Å²) in [4.78, 5) is 26.0. The van der Waals surface area contributed by atoms with Crippen molar-refractivity contribution in [2.75, 3.05) is 52.5 Å². The van der Waals surface area contributed by atoms with Crippen molar-refractivity contribution in [2.24, 2.45) is 5.92 Å². The molecule has 2 fully saturated rings. The normalized spacial score (nSPS) is 25.9. The Labute approximate surface area is 105 Å². The van der Waals surface area contributed by atoms with Crippen LogP contribution in [0, 0.1) is 5.92 Å². The minimum Gasteiger partial charge on any atom is -0.481 e. The second kappa shape index (κ2) is 6.01. The summed E-state index contributed by atoms with van der Waals surface area (Å²) >= 11 is 0. The van der Waals surface area contributed by atoms with E-state index in [0.29, 0.717) is 19.8 Å². The lowest BCUT2D eigenvalue weighted by Crippen LogP contribution is -2.49. The zero-order valence-electron chi connectivity index (χ0n) is 10.2. The minimum atomic E-state index is -0.918. The monoisotopic (exact) mass is 258 g/mol. The molecule has 2 aliphatic rings. The number of cyclic esters (lactones) is 1. The maximum absolute atomic E-state index is 11.5. The van der Waals surface area contributed by atoms with E-state index in [1.807, 2.05) is 0 Å². The van der Waals surface area contributed by atoms with Gasteiger partial charge in [0.15, 0.2) is 0 Å². The van der Waals surface area contributed by atoms with Gasteiger partial charge in [-0.2, -0.15) is 0 Å². The zero-order chi connectivity index (χ0) is 13.0. The summed E-state index contributed by atoms with van der Waals surface area (Å²) in [5, 5.41) is 8.91. The Kier molecular flexibility index (Phi) is 4.38. The Bertz CT molecular complexity index is 317. The van der Waals surface area contributed by atoms with E-state index in [2.05, 4.69) is 4.90 Å². The van der Waals surface area contributed by atoms with Crippen molar-refractivity contribution in [3.8, 4) is 0 Å². The van der Waals surface area contributed by atoms with Gasteiger partial charge in [0.1, 0.15) is 12.5 Å². The molecule has 0 bridgehead atoms. The van der Waals surface area contributed by atoms with Crippen molar-refractivity contribution in [2.45, 2.75) is 0 Å². The van der Waals surface area contributed by atoms with E-state index in [9.17, 15) is 9.59 Å². The molecule has 1 unspecified atom stereocenters. The van der Waals surface area contributed by atoms with Crippen LogP contribution in [0.3, 0.4) is 0 Å². The molecule has 7 heteroatoms. The van der Waals surface area contributed by atoms with Gasteiger partial charge in [0, 0.05) is 32.7 Å². The molecule has 1 atom stereocenters. The number of rotatable bonds is 4. The van der Waals surface area contributed by atoms with Gasteiger partial charge in [-0.25, -0.2) is 4.79 Å². The number of nitrogens with zero attached hydrogens (tertiary/aromatic N) is 2. The molecule has 2 saturated heterocycles. The summed E-state index contributed by atoms with van der Waals surface area (Å²) in [5.74, 6) is -1.54. The Hall–Kier alpha value is -1.34. The number of carboxylic acids is 1. The molecule has 1 amide bonds. The van der Waals surface area contributed by atoms with Crippen LogP contribution in [-0.2, 0) is 14.3 Å². The first-order valence-electron chi connectivity index (χ1n) is 6.11. The number of hydrogen-bond acceptors (Lipinski definition) is 5. The number of carbonyl (C=O) groups is 2.